The fraction of sp³-hybridized carbons (Fsp3) is 0.214. The summed E-state index contributed by atoms with van der Waals surface area (Å²) in [7, 11) is 0. The maximum atomic E-state index is 6.40. The lowest BCUT2D eigenvalue weighted by molar-refractivity contribution is 0.107. The Balaban J connectivity index is 1.28. The molecular formula is C28H18Br2N2O2S5. The number of rotatable bonds is 2. The topological polar surface area (TPSA) is 44.2 Å². The van der Waals surface area contributed by atoms with Crippen LogP contribution in [0, 0.1) is 0 Å². The number of fused-ring (bicyclic) bond motifs is 7. The van der Waals surface area contributed by atoms with Crippen LogP contribution < -0.4 is 9.47 Å². The molecule has 0 spiro atoms. The van der Waals surface area contributed by atoms with E-state index in [1.807, 2.05) is 22.7 Å². The molecule has 0 saturated heterocycles. The predicted octanol–water partition coefficient (Wildman–Crippen LogP) is 11.4. The number of ether oxygens (including phenoxy) is 2. The molecule has 0 N–H and O–H groups in total. The number of hydrogen-bond donors (Lipinski definition) is 0. The van der Waals surface area contributed by atoms with Gasteiger partial charge in [0.05, 0.1) is 38.8 Å². The molecule has 0 saturated carbocycles. The minimum absolute atomic E-state index is 0.405. The second-order valence-electron chi connectivity index (χ2n) is 10.5. The van der Waals surface area contributed by atoms with E-state index in [2.05, 4.69) is 96.0 Å². The highest BCUT2D eigenvalue weighted by atomic mass is 79.9. The fourth-order valence-corrected chi connectivity index (χ4v) is 11.9. The largest absolute Gasteiger partial charge is 0.481 e. The Labute approximate surface area is 261 Å². The van der Waals surface area contributed by atoms with E-state index in [0.29, 0.717) is 0 Å². The lowest BCUT2D eigenvalue weighted by Crippen LogP contribution is -2.27. The van der Waals surface area contributed by atoms with Crippen LogP contribution in [0.25, 0.3) is 51.4 Å². The van der Waals surface area contributed by atoms with Crippen molar-refractivity contribution in [2.45, 2.75) is 38.9 Å². The molecule has 196 valence electrons. The van der Waals surface area contributed by atoms with Gasteiger partial charge in [0.15, 0.2) is 0 Å². The average molecular weight is 735 g/mol. The standard InChI is InChI=1S/C28H18Br2N2O2S5/c1-27(2)13-7-17(35-23(13)25-15(33-27)9-19(29)37-25)11-5-6-12(22-21(11)31-39-32-22)18-8-14-24(36-18)26-16(10-20(30)38-26)34-28(14,3)4/h5-10H,1-4H3. The Kier molecular flexibility index (Phi) is 5.46. The van der Waals surface area contributed by atoms with Gasteiger partial charge in [0.2, 0.25) is 0 Å². The second kappa shape index (κ2) is 8.47. The van der Waals surface area contributed by atoms with Crippen LogP contribution in [-0.4, -0.2) is 8.75 Å². The van der Waals surface area contributed by atoms with E-state index < -0.39 is 11.2 Å². The van der Waals surface area contributed by atoms with Crippen molar-refractivity contribution >= 4 is 100.0 Å². The SMILES string of the molecule is CC1(C)Oc2cc(Br)sc2-c2sc(-c3ccc(-c4cc5c(s4)-c4sc(Br)cc4OC5(C)C)c4nsnc34)cc21. The molecular weight excluding hydrogens is 716 g/mol. The van der Waals surface area contributed by atoms with Crippen LogP contribution in [0.2, 0.25) is 0 Å². The van der Waals surface area contributed by atoms with E-state index in [1.54, 1.807) is 22.7 Å². The highest BCUT2D eigenvalue weighted by Gasteiger charge is 2.38. The molecule has 6 aromatic rings. The lowest BCUT2D eigenvalue weighted by atomic mass is 9.94. The highest BCUT2D eigenvalue weighted by molar-refractivity contribution is 9.11. The zero-order valence-corrected chi connectivity index (χ0v) is 28.2. The molecule has 0 bridgehead atoms. The summed E-state index contributed by atoms with van der Waals surface area (Å²) in [5, 5.41) is 0. The Morgan fingerprint density at radius 1 is 0.615 bits per heavy atom. The summed E-state index contributed by atoms with van der Waals surface area (Å²) in [6.45, 7) is 8.56. The first-order chi connectivity index (χ1) is 18.6. The van der Waals surface area contributed by atoms with Crippen molar-refractivity contribution in [2.24, 2.45) is 0 Å². The van der Waals surface area contributed by atoms with Gasteiger partial charge in [-0.25, -0.2) is 0 Å². The molecule has 0 aliphatic carbocycles. The van der Waals surface area contributed by atoms with Crippen molar-refractivity contribution in [2.75, 3.05) is 0 Å². The maximum Gasteiger partial charge on any atom is 0.141 e. The maximum absolute atomic E-state index is 6.40. The summed E-state index contributed by atoms with van der Waals surface area (Å²) in [6, 6.07) is 13.1. The number of nitrogens with zero attached hydrogens (tertiary/aromatic N) is 2. The first-order valence-corrected chi connectivity index (χ1v) is 17.7. The minimum atomic E-state index is -0.405. The molecule has 39 heavy (non-hydrogen) atoms. The number of benzene rings is 1. The summed E-state index contributed by atoms with van der Waals surface area (Å²) < 4.78 is 24.6. The molecule has 0 unspecified atom stereocenters. The van der Waals surface area contributed by atoms with Gasteiger partial charge >= 0.3 is 0 Å². The Morgan fingerprint density at radius 2 is 1.05 bits per heavy atom. The summed E-state index contributed by atoms with van der Waals surface area (Å²) in [4.78, 5) is 7.30. The summed E-state index contributed by atoms with van der Waals surface area (Å²) in [5.41, 5.74) is 5.75. The molecule has 11 heteroatoms. The summed E-state index contributed by atoms with van der Waals surface area (Å²) in [5.74, 6) is 1.89. The molecule has 8 rings (SSSR count). The van der Waals surface area contributed by atoms with E-state index in [4.69, 9.17) is 18.2 Å². The molecule has 2 aliphatic rings. The predicted molar refractivity (Wildman–Crippen MR) is 173 cm³/mol. The first kappa shape index (κ1) is 25.1. The Hall–Kier alpha value is -1.60. The van der Waals surface area contributed by atoms with Crippen LogP contribution >= 0.6 is 88.9 Å². The van der Waals surface area contributed by atoms with Crippen LogP contribution in [0.15, 0.2) is 44.0 Å². The normalized spacial score (nSPS) is 16.3. The monoisotopic (exact) mass is 732 g/mol. The van der Waals surface area contributed by atoms with Gasteiger partial charge in [0, 0.05) is 44.1 Å². The number of halogens is 2. The molecule has 0 atom stereocenters. The average Bonchev–Trinajstić information content (AvgIpc) is 3.66. The van der Waals surface area contributed by atoms with Gasteiger partial charge in [-0.1, -0.05) is 12.1 Å². The Morgan fingerprint density at radius 3 is 1.49 bits per heavy atom. The lowest BCUT2D eigenvalue weighted by Gasteiger charge is -2.31. The molecule has 0 radical (unpaired) electrons. The number of aromatic nitrogens is 2. The van der Waals surface area contributed by atoms with Gasteiger partial charge in [0.25, 0.3) is 0 Å². The van der Waals surface area contributed by atoms with E-state index in [0.717, 1.165) is 41.2 Å². The Bertz CT molecular complexity index is 1830. The minimum Gasteiger partial charge on any atom is -0.481 e. The van der Waals surface area contributed by atoms with E-state index in [-0.39, 0.29) is 0 Å². The van der Waals surface area contributed by atoms with E-state index >= 15 is 0 Å². The first-order valence-electron chi connectivity index (χ1n) is 12.1. The zero-order valence-electron chi connectivity index (χ0n) is 21.0. The fourth-order valence-electron chi connectivity index (χ4n) is 5.36. The zero-order chi connectivity index (χ0) is 26.8. The van der Waals surface area contributed by atoms with Crippen molar-refractivity contribution in [3.8, 4) is 51.9 Å². The molecule has 7 heterocycles. The molecule has 1 aromatic carbocycles. The highest BCUT2D eigenvalue weighted by Crippen LogP contribution is 2.57. The van der Waals surface area contributed by atoms with Crippen LogP contribution in [0.3, 0.4) is 0 Å². The van der Waals surface area contributed by atoms with Crippen molar-refractivity contribution in [3.63, 3.8) is 0 Å². The van der Waals surface area contributed by atoms with Crippen molar-refractivity contribution in [1.82, 2.24) is 8.75 Å². The molecule has 2 aliphatic heterocycles. The van der Waals surface area contributed by atoms with Gasteiger partial charge in [-0.2, -0.15) is 8.75 Å². The third-order valence-electron chi connectivity index (χ3n) is 7.19. The van der Waals surface area contributed by atoms with E-state index in [1.165, 1.54) is 52.1 Å². The number of hydrogen-bond acceptors (Lipinski definition) is 9. The van der Waals surface area contributed by atoms with Gasteiger partial charge in [0.1, 0.15) is 33.7 Å². The van der Waals surface area contributed by atoms with Crippen LogP contribution in [0.1, 0.15) is 38.8 Å². The second-order valence-corrected chi connectivity index (χ2v) is 18.0. The quantitative estimate of drug-likeness (QED) is 0.178. The van der Waals surface area contributed by atoms with Crippen LogP contribution in [-0.2, 0) is 11.2 Å². The van der Waals surface area contributed by atoms with Crippen molar-refractivity contribution in [1.29, 1.82) is 0 Å². The molecule has 5 aromatic heterocycles. The van der Waals surface area contributed by atoms with Crippen LogP contribution in [0.5, 0.6) is 11.5 Å². The summed E-state index contributed by atoms with van der Waals surface area (Å²) >= 11 is 15.6. The van der Waals surface area contributed by atoms with Crippen molar-refractivity contribution in [3.05, 3.63) is 55.1 Å². The van der Waals surface area contributed by atoms with Gasteiger partial charge in [-0.3, -0.25) is 0 Å². The molecule has 0 fully saturated rings. The number of thiophene rings is 4. The molecule has 0 amide bonds. The third kappa shape index (κ3) is 3.73. The molecule has 4 nitrogen and oxygen atoms in total. The van der Waals surface area contributed by atoms with Gasteiger partial charge < -0.3 is 9.47 Å². The van der Waals surface area contributed by atoms with Crippen LogP contribution in [0.4, 0.5) is 0 Å². The van der Waals surface area contributed by atoms with Crippen molar-refractivity contribution < 1.29 is 9.47 Å². The smallest absolute Gasteiger partial charge is 0.141 e. The third-order valence-corrected chi connectivity index (χ3v) is 13.6. The van der Waals surface area contributed by atoms with Gasteiger partial charge in [-0.05, 0) is 71.7 Å². The summed E-state index contributed by atoms with van der Waals surface area (Å²) in [6.07, 6.45) is 0. The van der Waals surface area contributed by atoms with Gasteiger partial charge in [-0.15, -0.1) is 45.3 Å². The van der Waals surface area contributed by atoms with E-state index in [9.17, 15) is 0 Å².